The van der Waals surface area contributed by atoms with Crippen LogP contribution in [0.15, 0.2) is 48.7 Å². The van der Waals surface area contributed by atoms with E-state index < -0.39 is 38.7 Å². The van der Waals surface area contributed by atoms with Crippen LogP contribution in [0, 0.1) is 11.6 Å². The van der Waals surface area contributed by atoms with E-state index in [0.717, 1.165) is 12.1 Å². The van der Waals surface area contributed by atoms with Crippen LogP contribution in [0.4, 0.5) is 14.5 Å². The van der Waals surface area contributed by atoms with Crippen LogP contribution in [0.25, 0.3) is 22.2 Å². The number of nitrogens with zero attached hydrogens (tertiary/aromatic N) is 2. The highest BCUT2D eigenvalue weighted by Crippen LogP contribution is 2.29. The van der Waals surface area contributed by atoms with Gasteiger partial charge < -0.3 is 5.11 Å². The van der Waals surface area contributed by atoms with Gasteiger partial charge in [0, 0.05) is 11.8 Å². The number of nitrogens with one attached hydrogen (secondary N) is 2. The Kier molecular flexibility index (Phi) is 5.81. The molecular weight excluding hydrogens is 454 g/mol. The largest absolute Gasteiger partial charge is 0.508 e. The predicted octanol–water partition coefficient (Wildman–Crippen LogP) is 3.99. The number of anilines is 1. The molecule has 4 aromatic rings. The number of carbonyl (C=O) groups is 1. The normalized spacial score (nSPS) is 11.6. The Morgan fingerprint density at radius 2 is 1.85 bits per heavy atom. The SMILES string of the molecule is CCCS(=O)(=O)Nc1c(F)ccc(C(=O)c2n[nH]c3ncc(-c4ccc(O)cc4)cc23)c1F. The molecule has 11 heteroatoms. The molecule has 0 saturated heterocycles. The first-order chi connectivity index (χ1) is 15.7. The van der Waals surface area contributed by atoms with Crippen molar-refractivity contribution < 1.29 is 27.1 Å². The number of hydrogen-bond acceptors (Lipinski definition) is 6. The van der Waals surface area contributed by atoms with Crippen molar-refractivity contribution in [3.63, 3.8) is 0 Å². The van der Waals surface area contributed by atoms with Gasteiger partial charge in [0.1, 0.15) is 22.9 Å². The standard InChI is InChI=1S/C22H18F2N4O4S/c1-2-9-33(31,32)28-20-17(23)8-7-15(18(20)24)21(30)19-16-10-13(11-25-22(16)27-26-19)12-3-5-14(29)6-4-12/h3-8,10-11,28-29H,2,9H2,1H3,(H,25,26,27). The number of pyridine rings is 1. The Morgan fingerprint density at radius 1 is 1.12 bits per heavy atom. The van der Waals surface area contributed by atoms with Gasteiger partial charge in [-0.3, -0.25) is 14.6 Å². The number of aromatic amines is 1. The molecule has 2 aromatic carbocycles. The Labute approximate surface area is 187 Å². The van der Waals surface area contributed by atoms with Gasteiger partial charge in [0.25, 0.3) is 0 Å². The number of benzene rings is 2. The lowest BCUT2D eigenvalue weighted by atomic mass is 10.0. The maximum Gasteiger partial charge on any atom is 0.232 e. The molecule has 0 unspecified atom stereocenters. The number of phenols is 1. The summed E-state index contributed by atoms with van der Waals surface area (Å²) in [6, 6.07) is 9.68. The van der Waals surface area contributed by atoms with Crippen molar-refractivity contribution in [3.05, 3.63) is 71.6 Å². The van der Waals surface area contributed by atoms with E-state index in [2.05, 4.69) is 15.2 Å². The van der Waals surface area contributed by atoms with Gasteiger partial charge in [-0.2, -0.15) is 5.10 Å². The molecule has 0 spiro atoms. The van der Waals surface area contributed by atoms with Gasteiger partial charge in [-0.25, -0.2) is 22.2 Å². The second-order valence-corrected chi connectivity index (χ2v) is 9.12. The third-order valence-electron chi connectivity index (χ3n) is 4.90. The van der Waals surface area contributed by atoms with Crippen LogP contribution in [0.5, 0.6) is 5.75 Å². The molecule has 0 saturated carbocycles. The number of aromatic hydroxyl groups is 1. The number of phenolic OH excluding ortho intramolecular Hbond substituents is 1. The number of carbonyl (C=O) groups excluding carboxylic acids is 1. The third kappa shape index (κ3) is 4.40. The van der Waals surface area contributed by atoms with Gasteiger partial charge >= 0.3 is 0 Å². The fourth-order valence-corrected chi connectivity index (χ4v) is 4.45. The number of halogens is 2. The average Bonchev–Trinajstić information content (AvgIpc) is 3.20. The number of aromatic nitrogens is 3. The maximum atomic E-state index is 15.1. The molecule has 4 rings (SSSR count). The molecule has 0 fully saturated rings. The van der Waals surface area contributed by atoms with E-state index in [0.29, 0.717) is 16.5 Å². The van der Waals surface area contributed by atoms with Gasteiger partial charge in [-0.05, 0) is 42.3 Å². The number of sulfonamides is 1. The molecule has 0 amide bonds. The van der Waals surface area contributed by atoms with Crippen LogP contribution in [0.1, 0.15) is 29.4 Å². The van der Waals surface area contributed by atoms with Crippen LogP contribution in [0.2, 0.25) is 0 Å². The Morgan fingerprint density at radius 3 is 2.55 bits per heavy atom. The van der Waals surface area contributed by atoms with E-state index in [1.165, 1.54) is 12.1 Å². The van der Waals surface area contributed by atoms with E-state index in [1.807, 2.05) is 4.72 Å². The molecule has 0 aliphatic heterocycles. The Balaban J connectivity index is 1.77. The van der Waals surface area contributed by atoms with Crippen molar-refractivity contribution in [1.29, 1.82) is 0 Å². The smallest absolute Gasteiger partial charge is 0.232 e. The number of rotatable bonds is 7. The second-order valence-electron chi connectivity index (χ2n) is 7.27. The topological polar surface area (TPSA) is 125 Å². The Hall–Kier alpha value is -3.86. The molecule has 0 atom stereocenters. The van der Waals surface area contributed by atoms with Crippen molar-refractivity contribution in [2.45, 2.75) is 13.3 Å². The van der Waals surface area contributed by atoms with Crippen molar-refractivity contribution in [2.24, 2.45) is 0 Å². The Bertz CT molecular complexity index is 1470. The van der Waals surface area contributed by atoms with Gasteiger partial charge in [0.05, 0.1) is 16.7 Å². The summed E-state index contributed by atoms with van der Waals surface area (Å²) in [6.07, 6.45) is 1.78. The minimum atomic E-state index is -3.99. The molecular formula is C22H18F2N4O4S. The van der Waals surface area contributed by atoms with Crippen molar-refractivity contribution >= 4 is 32.5 Å². The first kappa shape index (κ1) is 22.3. The first-order valence-electron chi connectivity index (χ1n) is 9.87. The summed E-state index contributed by atoms with van der Waals surface area (Å²) in [5.41, 5.74) is -0.0303. The van der Waals surface area contributed by atoms with E-state index >= 15 is 4.39 Å². The number of H-pyrrole nitrogens is 1. The zero-order valence-corrected chi connectivity index (χ0v) is 18.1. The molecule has 8 nitrogen and oxygen atoms in total. The van der Waals surface area contributed by atoms with Crippen molar-refractivity contribution in [3.8, 4) is 16.9 Å². The fraction of sp³-hybridized carbons (Fsp3) is 0.136. The molecule has 0 bridgehead atoms. The molecule has 33 heavy (non-hydrogen) atoms. The molecule has 2 aromatic heterocycles. The summed E-state index contributed by atoms with van der Waals surface area (Å²) in [5, 5.41) is 16.3. The van der Waals surface area contributed by atoms with Crippen LogP contribution < -0.4 is 4.72 Å². The first-order valence-corrected chi connectivity index (χ1v) is 11.5. The average molecular weight is 472 g/mol. The minimum absolute atomic E-state index is 0.0871. The highest BCUT2D eigenvalue weighted by atomic mass is 32.2. The maximum absolute atomic E-state index is 15.1. The molecule has 170 valence electrons. The van der Waals surface area contributed by atoms with E-state index in [4.69, 9.17) is 0 Å². The van der Waals surface area contributed by atoms with Gasteiger partial charge in [0.15, 0.2) is 11.5 Å². The monoisotopic (exact) mass is 472 g/mol. The zero-order valence-electron chi connectivity index (χ0n) is 17.3. The van der Waals surface area contributed by atoms with Crippen LogP contribution in [0.3, 0.4) is 0 Å². The van der Waals surface area contributed by atoms with Gasteiger partial charge in [0.2, 0.25) is 15.8 Å². The second kappa shape index (κ2) is 8.58. The summed E-state index contributed by atoms with van der Waals surface area (Å²) in [7, 11) is -3.99. The highest BCUT2D eigenvalue weighted by molar-refractivity contribution is 7.92. The molecule has 2 heterocycles. The highest BCUT2D eigenvalue weighted by Gasteiger charge is 2.25. The number of fused-ring (bicyclic) bond motifs is 1. The van der Waals surface area contributed by atoms with Crippen molar-refractivity contribution in [2.75, 3.05) is 10.5 Å². The van der Waals surface area contributed by atoms with Crippen LogP contribution >= 0.6 is 0 Å². The zero-order chi connectivity index (χ0) is 23.8. The van der Waals surface area contributed by atoms with Gasteiger partial charge in [-0.1, -0.05) is 19.1 Å². The summed E-state index contributed by atoms with van der Waals surface area (Å²) in [4.78, 5) is 17.3. The quantitative estimate of drug-likeness (QED) is 0.349. The van der Waals surface area contributed by atoms with E-state index in [-0.39, 0.29) is 29.3 Å². The summed E-state index contributed by atoms with van der Waals surface area (Å²) in [6.45, 7) is 1.61. The molecule has 0 aliphatic carbocycles. The molecule has 3 N–H and O–H groups in total. The minimum Gasteiger partial charge on any atom is -0.508 e. The number of hydrogen-bond donors (Lipinski definition) is 3. The van der Waals surface area contributed by atoms with Crippen molar-refractivity contribution in [1.82, 2.24) is 15.2 Å². The summed E-state index contributed by atoms with van der Waals surface area (Å²) in [5.74, 6) is -3.60. The lowest BCUT2D eigenvalue weighted by molar-refractivity contribution is 0.103. The summed E-state index contributed by atoms with van der Waals surface area (Å²) < 4.78 is 55.2. The van der Waals surface area contributed by atoms with E-state index in [1.54, 1.807) is 31.3 Å². The summed E-state index contributed by atoms with van der Waals surface area (Å²) >= 11 is 0. The third-order valence-corrected chi connectivity index (χ3v) is 6.36. The fourth-order valence-electron chi connectivity index (χ4n) is 3.31. The van der Waals surface area contributed by atoms with E-state index in [9.17, 15) is 22.7 Å². The molecule has 0 aliphatic rings. The van der Waals surface area contributed by atoms with Crippen LogP contribution in [-0.4, -0.2) is 40.2 Å². The molecule has 0 radical (unpaired) electrons. The van der Waals surface area contributed by atoms with Gasteiger partial charge in [-0.15, -0.1) is 0 Å². The lowest BCUT2D eigenvalue weighted by Gasteiger charge is -2.11. The van der Waals surface area contributed by atoms with Crippen LogP contribution in [-0.2, 0) is 10.0 Å². The number of ketones is 1. The predicted molar refractivity (Wildman–Crippen MR) is 118 cm³/mol. The lowest BCUT2D eigenvalue weighted by Crippen LogP contribution is -2.19.